The Morgan fingerprint density at radius 1 is 1.24 bits per heavy atom. The minimum absolute atomic E-state index is 0.255. The molecule has 17 heavy (non-hydrogen) atoms. The van der Waals surface area contributed by atoms with Gasteiger partial charge in [0.25, 0.3) is 0 Å². The molecule has 0 aliphatic carbocycles. The maximum atomic E-state index is 10.4. The number of aliphatic hydroxyl groups excluding tert-OH is 1. The molecule has 0 heterocycles. The van der Waals surface area contributed by atoms with Gasteiger partial charge in [-0.05, 0) is 18.4 Å². The second kappa shape index (κ2) is 7.25. The molecule has 1 nitrogen and oxygen atoms in total. The fourth-order valence-corrected chi connectivity index (χ4v) is 2.47. The molecule has 0 bridgehead atoms. The van der Waals surface area contributed by atoms with E-state index < -0.39 is 6.10 Å². The van der Waals surface area contributed by atoms with Gasteiger partial charge >= 0.3 is 0 Å². The molecule has 0 radical (unpaired) electrons. The molecule has 0 aliphatic heterocycles. The smallest absolute Gasteiger partial charge is 0.0833 e. The lowest BCUT2D eigenvalue weighted by Gasteiger charge is -2.23. The van der Waals surface area contributed by atoms with Crippen molar-refractivity contribution in [2.75, 3.05) is 0 Å². The van der Waals surface area contributed by atoms with Crippen LogP contribution in [-0.2, 0) is 0 Å². The second-order valence-corrected chi connectivity index (χ2v) is 5.18. The van der Waals surface area contributed by atoms with Crippen LogP contribution in [0.3, 0.4) is 0 Å². The Hall–Kier alpha value is -0.240. The van der Waals surface area contributed by atoms with Gasteiger partial charge in [-0.15, -0.1) is 0 Å². The molecule has 3 heteroatoms. The lowest BCUT2D eigenvalue weighted by molar-refractivity contribution is 0.0990. The third kappa shape index (κ3) is 3.87. The standard InChI is InChI=1S/C14H20Cl2O/c1-3-5-7-10(4-2)14(17)11-8-6-9-12(15)13(11)16/h6,8-10,14,17H,3-5,7H2,1-2H3. The summed E-state index contributed by atoms with van der Waals surface area (Å²) in [6.07, 6.45) is 3.74. The first-order valence-corrected chi connectivity index (χ1v) is 6.99. The van der Waals surface area contributed by atoms with E-state index in [1.807, 2.05) is 12.1 Å². The van der Waals surface area contributed by atoms with Crippen LogP contribution in [-0.4, -0.2) is 5.11 Å². The number of hydrogen-bond donors (Lipinski definition) is 1. The van der Waals surface area contributed by atoms with Crippen molar-refractivity contribution in [1.29, 1.82) is 0 Å². The van der Waals surface area contributed by atoms with Crippen LogP contribution in [0.25, 0.3) is 0 Å². The van der Waals surface area contributed by atoms with Crippen LogP contribution in [0.2, 0.25) is 10.0 Å². The lowest BCUT2D eigenvalue weighted by Crippen LogP contribution is -2.12. The first-order chi connectivity index (χ1) is 8.11. The van der Waals surface area contributed by atoms with Gasteiger partial charge in [-0.2, -0.15) is 0 Å². The van der Waals surface area contributed by atoms with E-state index in [9.17, 15) is 5.11 Å². The van der Waals surface area contributed by atoms with Crippen LogP contribution >= 0.6 is 23.2 Å². The maximum Gasteiger partial charge on any atom is 0.0833 e. The van der Waals surface area contributed by atoms with Gasteiger partial charge < -0.3 is 5.11 Å². The van der Waals surface area contributed by atoms with E-state index in [2.05, 4.69) is 13.8 Å². The van der Waals surface area contributed by atoms with Crippen LogP contribution in [0.5, 0.6) is 0 Å². The minimum Gasteiger partial charge on any atom is -0.388 e. The van der Waals surface area contributed by atoms with Gasteiger partial charge in [-0.1, -0.05) is 68.4 Å². The summed E-state index contributed by atoms with van der Waals surface area (Å²) in [6.45, 7) is 4.26. The number of unbranched alkanes of at least 4 members (excludes halogenated alkanes) is 1. The third-order valence-corrected chi connectivity index (χ3v) is 4.03. The number of halogens is 2. The van der Waals surface area contributed by atoms with Crippen LogP contribution in [0.15, 0.2) is 18.2 Å². The van der Waals surface area contributed by atoms with E-state index in [-0.39, 0.29) is 5.92 Å². The van der Waals surface area contributed by atoms with Crippen molar-refractivity contribution in [3.8, 4) is 0 Å². The van der Waals surface area contributed by atoms with Crippen molar-refractivity contribution in [2.45, 2.75) is 45.6 Å². The normalized spacial score (nSPS) is 14.6. The van der Waals surface area contributed by atoms with E-state index in [1.165, 1.54) is 0 Å². The minimum atomic E-state index is -0.516. The number of aliphatic hydroxyl groups is 1. The molecule has 0 saturated carbocycles. The first kappa shape index (κ1) is 14.8. The van der Waals surface area contributed by atoms with E-state index in [0.29, 0.717) is 10.0 Å². The van der Waals surface area contributed by atoms with Crippen LogP contribution in [0, 0.1) is 5.92 Å². The average Bonchev–Trinajstić information content (AvgIpc) is 2.33. The Morgan fingerprint density at radius 2 is 1.94 bits per heavy atom. The largest absolute Gasteiger partial charge is 0.388 e. The summed E-state index contributed by atoms with van der Waals surface area (Å²) in [7, 11) is 0. The lowest BCUT2D eigenvalue weighted by atomic mass is 9.89. The van der Waals surface area contributed by atoms with Crippen LogP contribution in [0.4, 0.5) is 0 Å². The Morgan fingerprint density at radius 3 is 2.53 bits per heavy atom. The molecule has 1 N–H and O–H groups in total. The number of benzene rings is 1. The molecule has 1 aromatic carbocycles. The molecule has 0 spiro atoms. The van der Waals surface area contributed by atoms with Gasteiger partial charge in [0, 0.05) is 5.56 Å². The van der Waals surface area contributed by atoms with Crippen molar-refractivity contribution in [3.63, 3.8) is 0 Å². The monoisotopic (exact) mass is 274 g/mol. The fourth-order valence-electron chi connectivity index (χ4n) is 2.05. The summed E-state index contributed by atoms with van der Waals surface area (Å²) in [6, 6.07) is 5.43. The molecule has 0 aliphatic rings. The van der Waals surface area contributed by atoms with Gasteiger partial charge in [0.1, 0.15) is 0 Å². The Bertz CT molecular complexity index is 352. The van der Waals surface area contributed by atoms with E-state index in [0.717, 1.165) is 31.2 Å². The zero-order valence-electron chi connectivity index (χ0n) is 10.4. The van der Waals surface area contributed by atoms with E-state index in [4.69, 9.17) is 23.2 Å². The summed E-state index contributed by atoms with van der Waals surface area (Å²) in [5.74, 6) is 0.255. The van der Waals surface area contributed by atoms with Crippen molar-refractivity contribution in [1.82, 2.24) is 0 Å². The zero-order valence-corrected chi connectivity index (χ0v) is 11.9. The van der Waals surface area contributed by atoms with Gasteiger partial charge in [0.15, 0.2) is 0 Å². The Kier molecular flexibility index (Phi) is 6.32. The van der Waals surface area contributed by atoms with Crippen LogP contribution < -0.4 is 0 Å². The highest BCUT2D eigenvalue weighted by Crippen LogP contribution is 2.36. The third-order valence-electron chi connectivity index (χ3n) is 3.20. The summed E-state index contributed by atoms with van der Waals surface area (Å²) in [5, 5.41) is 11.4. The summed E-state index contributed by atoms with van der Waals surface area (Å²) in [5.41, 5.74) is 0.752. The Labute approximate surface area is 114 Å². The van der Waals surface area contributed by atoms with Gasteiger partial charge in [0.05, 0.1) is 16.1 Å². The topological polar surface area (TPSA) is 20.2 Å². The van der Waals surface area contributed by atoms with Crippen molar-refractivity contribution in [3.05, 3.63) is 33.8 Å². The predicted octanol–water partition coefficient (Wildman–Crippen LogP) is 5.24. The summed E-state index contributed by atoms with van der Waals surface area (Å²) >= 11 is 12.1. The molecule has 96 valence electrons. The number of rotatable bonds is 6. The van der Waals surface area contributed by atoms with Gasteiger partial charge in [-0.25, -0.2) is 0 Å². The molecular weight excluding hydrogens is 255 g/mol. The molecular formula is C14H20Cl2O. The molecule has 1 rings (SSSR count). The molecule has 2 atom stereocenters. The molecule has 1 aromatic rings. The quantitative estimate of drug-likeness (QED) is 0.752. The van der Waals surface area contributed by atoms with Crippen molar-refractivity contribution < 1.29 is 5.11 Å². The highest BCUT2D eigenvalue weighted by atomic mass is 35.5. The molecule has 0 amide bonds. The number of hydrogen-bond acceptors (Lipinski definition) is 1. The highest BCUT2D eigenvalue weighted by Gasteiger charge is 2.21. The van der Waals surface area contributed by atoms with Crippen molar-refractivity contribution >= 4 is 23.2 Å². The Balaban J connectivity index is 2.85. The molecule has 0 aromatic heterocycles. The molecule has 0 saturated heterocycles. The van der Waals surface area contributed by atoms with Gasteiger partial charge in [-0.3, -0.25) is 0 Å². The fraction of sp³-hybridized carbons (Fsp3) is 0.571. The summed E-state index contributed by atoms with van der Waals surface area (Å²) in [4.78, 5) is 0. The van der Waals surface area contributed by atoms with E-state index >= 15 is 0 Å². The van der Waals surface area contributed by atoms with Gasteiger partial charge in [0.2, 0.25) is 0 Å². The summed E-state index contributed by atoms with van der Waals surface area (Å²) < 4.78 is 0. The second-order valence-electron chi connectivity index (χ2n) is 4.40. The predicted molar refractivity (Wildman–Crippen MR) is 74.7 cm³/mol. The highest BCUT2D eigenvalue weighted by molar-refractivity contribution is 6.42. The first-order valence-electron chi connectivity index (χ1n) is 6.23. The SMILES string of the molecule is CCCCC(CC)C(O)c1cccc(Cl)c1Cl. The molecule has 2 unspecified atom stereocenters. The van der Waals surface area contributed by atoms with Crippen LogP contribution in [0.1, 0.15) is 51.2 Å². The molecule has 0 fully saturated rings. The average molecular weight is 275 g/mol. The van der Waals surface area contributed by atoms with Crippen molar-refractivity contribution in [2.24, 2.45) is 5.92 Å². The maximum absolute atomic E-state index is 10.4. The van der Waals surface area contributed by atoms with E-state index in [1.54, 1.807) is 6.07 Å². The zero-order chi connectivity index (χ0) is 12.8.